The van der Waals surface area contributed by atoms with Crippen LogP contribution in [0.4, 0.5) is 0 Å². The molecule has 2 heterocycles. The summed E-state index contributed by atoms with van der Waals surface area (Å²) < 4.78 is 0. The van der Waals surface area contributed by atoms with Gasteiger partial charge in [-0.25, -0.2) is 0 Å². The zero-order valence-corrected chi connectivity index (χ0v) is 13.1. The third kappa shape index (κ3) is 4.89. The first-order chi connectivity index (χ1) is 9.79. The molecule has 20 heavy (non-hydrogen) atoms. The van der Waals surface area contributed by atoms with Crippen LogP contribution in [0.1, 0.15) is 18.2 Å². The maximum atomic E-state index is 12.1. The predicted octanol–water partition coefficient (Wildman–Crippen LogP) is 1.43. The van der Waals surface area contributed by atoms with Crippen molar-refractivity contribution < 1.29 is 4.79 Å². The average Bonchev–Trinajstić information content (AvgIpc) is 3.01. The molecule has 4 nitrogen and oxygen atoms in total. The number of piperazine rings is 1. The van der Waals surface area contributed by atoms with E-state index in [0.717, 1.165) is 52.2 Å². The van der Waals surface area contributed by atoms with Crippen LogP contribution in [0.2, 0.25) is 0 Å². The van der Waals surface area contributed by atoms with Gasteiger partial charge in [-0.15, -0.1) is 11.3 Å². The van der Waals surface area contributed by atoms with Crippen LogP contribution in [0.3, 0.4) is 0 Å². The Kier molecular flexibility index (Phi) is 6.50. The summed E-state index contributed by atoms with van der Waals surface area (Å²) in [5.74, 6) is 0.307. The maximum Gasteiger partial charge on any atom is 0.223 e. The molecule has 0 radical (unpaired) electrons. The predicted molar refractivity (Wildman–Crippen MR) is 84.2 cm³/mol. The zero-order chi connectivity index (χ0) is 14.2. The molecule has 1 saturated heterocycles. The highest BCUT2D eigenvalue weighted by molar-refractivity contribution is 7.09. The van der Waals surface area contributed by atoms with E-state index >= 15 is 0 Å². The molecular weight excluding hydrogens is 270 g/mol. The van der Waals surface area contributed by atoms with E-state index in [2.05, 4.69) is 34.7 Å². The fraction of sp³-hybridized carbons (Fsp3) is 0.667. The Morgan fingerprint density at radius 1 is 1.40 bits per heavy atom. The normalized spacial score (nSPS) is 15.8. The Morgan fingerprint density at radius 2 is 2.20 bits per heavy atom. The summed E-state index contributed by atoms with van der Waals surface area (Å²) in [5, 5.41) is 5.40. The van der Waals surface area contributed by atoms with Gasteiger partial charge >= 0.3 is 0 Å². The van der Waals surface area contributed by atoms with Crippen LogP contribution in [-0.2, 0) is 11.2 Å². The molecule has 0 bridgehead atoms. The van der Waals surface area contributed by atoms with E-state index in [0.29, 0.717) is 12.3 Å². The van der Waals surface area contributed by atoms with Crippen molar-refractivity contribution in [2.45, 2.75) is 19.8 Å². The van der Waals surface area contributed by atoms with Crippen LogP contribution >= 0.6 is 11.3 Å². The number of nitrogens with zero attached hydrogens (tertiary/aromatic N) is 2. The molecule has 0 aromatic carbocycles. The van der Waals surface area contributed by atoms with Gasteiger partial charge in [0.15, 0.2) is 0 Å². The summed E-state index contributed by atoms with van der Waals surface area (Å²) in [6.45, 7) is 8.70. The van der Waals surface area contributed by atoms with E-state index in [1.165, 1.54) is 4.88 Å². The Balaban J connectivity index is 1.68. The SMILES string of the molecule is CCN(CCC(=O)N1CCNCC1)CCc1cccs1. The Bertz CT molecular complexity index is 388. The topological polar surface area (TPSA) is 35.6 Å². The van der Waals surface area contributed by atoms with Gasteiger partial charge in [0.2, 0.25) is 5.91 Å². The fourth-order valence-corrected chi connectivity index (χ4v) is 3.18. The van der Waals surface area contributed by atoms with E-state index in [-0.39, 0.29) is 0 Å². The summed E-state index contributed by atoms with van der Waals surface area (Å²) in [6, 6.07) is 4.29. The number of nitrogens with one attached hydrogen (secondary N) is 1. The van der Waals surface area contributed by atoms with Crippen LogP contribution in [0.5, 0.6) is 0 Å². The summed E-state index contributed by atoms with van der Waals surface area (Å²) in [7, 11) is 0. The minimum absolute atomic E-state index is 0.307. The van der Waals surface area contributed by atoms with Crippen molar-refractivity contribution in [1.82, 2.24) is 15.1 Å². The third-order valence-electron chi connectivity index (χ3n) is 3.81. The average molecular weight is 295 g/mol. The number of carbonyl (C=O) groups is 1. The van der Waals surface area contributed by atoms with Gasteiger partial charge in [-0.1, -0.05) is 13.0 Å². The number of carbonyl (C=O) groups excluding carboxylic acids is 1. The molecule has 1 fully saturated rings. The van der Waals surface area contributed by atoms with Crippen LogP contribution < -0.4 is 5.32 Å². The summed E-state index contributed by atoms with van der Waals surface area (Å²) >= 11 is 1.81. The largest absolute Gasteiger partial charge is 0.340 e. The minimum atomic E-state index is 0.307. The van der Waals surface area contributed by atoms with Crippen molar-refractivity contribution in [3.05, 3.63) is 22.4 Å². The van der Waals surface area contributed by atoms with Crippen molar-refractivity contribution in [3.63, 3.8) is 0 Å². The van der Waals surface area contributed by atoms with Crippen molar-refractivity contribution in [1.29, 1.82) is 0 Å². The molecular formula is C15H25N3OS. The highest BCUT2D eigenvalue weighted by Crippen LogP contribution is 2.10. The molecule has 0 atom stereocenters. The van der Waals surface area contributed by atoms with E-state index < -0.39 is 0 Å². The molecule has 0 aliphatic carbocycles. The maximum absolute atomic E-state index is 12.1. The Morgan fingerprint density at radius 3 is 2.85 bits per heavy atom. The monoisotopic (exact) mass is 295 g/mol. The zero-order valence-electron chi connectivity index (χ0n) is 12.3. The second-order valence-corrected chi connectivity index (χ2v) is 6.18. The van der Waals surface area contributed by atoms with E-state index in [1.807, 2.05) is 16.2 Å². The summed E-state index contributed by atoms with van der Waals surface area (Å²) in [4.78, 5) is 17.9. The molecule has 0 unspecified atom stereocenters. The molecule has 0 spiro atoms. The van der Waals surface area contributed by atoms with E-state index in [4.69, 9.17) is 0 Å². The Hall–Kier alpha value is -0.910. The lowest BCUT2D eigenvalue weighted by Crippen LogP contribution is -2.47. The number of hydrogen-bond donors (Lipinski definition) is 1. The Labute approximate surface area is 125 Å². The summed E-state index contributed by atoms with van der Waals surface area (Å²) in [5.41, 5.74) is 0. The van der Waals surface area contributed by atoms with E-state index in [1.54, 1.807) is 0 Å². The second-order valence-electron chi connectivity index (χ2n) is 5.14. The first-order valence-electron chi connectivity index (χ1n) is 7.53. The van der Waals surface area contributed by atoms with Crippen molar-refractivity contribution in [2.75, 3.05) is 45.8 Å². The molecule has 112 valence electrons. The minimum Gasteiger partial charge on any atom is -0.340 e. The number of thiophene rings is 1. The molecule has 2 rings (SSSR count). The van der Waals surface area contributed by atoms with Crippen molar-refractivity contribution in [2.24, 2.45) is 0 Å². The van der Waals surface area contributed by atoms with Gasteiger partial charge in [0.05, 0.1) is 0 Å². The van der Waals surface area contributed by atoms with Crippen LogP contribution in [0.25, 0.3) is 0 Å². The number of hydrogen-bond acceptors (Lipinski definition) is 4. The van der Waals surface area contributed by atoms with Gasteiger partial charge in [0.25, 0.3) is 0 Å². The highest BCUT2D eigenvalue weighted by atomic mass is 32.1. The lowest BCUT2D eigenvalue weighted by Gasteiger charge is -2.28. The van der Waals surface area contributed by atoms with Crippen molar-refractivity contribution in [3.8, 4) is 0 Å². The lowest BCUT2D eigenvalue weighted by molar-refractivity contribution is -0.132. The smallest absolute Gasteiger partial charge is 0.223 e. The molecule has 0 saturated carbocycles. The second kappa shape index (κ2) is 8.39. The number of likely N-dealkylation sites (N-methyl/N-ethyl adjacent to an activating group) is 1. The lowest BCUT2D eigenvalue weighted by atomic mass is 10.2. The van der Waals surface area contributed by atoms with Gasteiger partial charge in [-0.2, -0.15) is 0 Å². The molecule has 1 aromatic heterocycles. The van der Waals surface area contributed by atoms with Crippen molar-refractivity contribution >= 4 is 17.2 Å². The van der Waals surface area contributed by atoms with Crippen LogP contribution in [-0.4, -0.2) is 61.5 Å². The van der Waals surface area contributed by atoms with Crippen LogP contribution in [0, 0.1) is 0 Å². The van der Waals surface area contributed by atoms with E-state index in [9.17, 15) is 4.79 Å². The van der Waals surface area contributed by atoms with Gasteiger partial charge in [-0.05, 0) is 24.4 Å². The highest BCUT2D eigenvalue weighted by Gasteiger charge is 2.16. The first-order valence-corrected chi connectivity index (χ1v) is 8.41. The van der Waals surface area contributed by atoms with Crippen LogP contribution in [0.15, 0.2) is 17.5 Å². The molecule has 1 aliphatic rings. The quantitative estimate of drug-likeness (QED) is 0.827. The van der Waals surface area contributed by atoms with Gasteiger partial charge < -0.3 is 15.1 Å². The number of amides is 1. The molecule has 1 N–H and O–H groups in total. The fourth-order valence-electron chi connectivity index (χ4n) is 2.48. The molecule has 1 aromatic rings. The first kappa shape index (κ1) is 15.5. The standard InChI is InChI=1S/C15H25N3OS/c1-2-17(9-5-14-4-3-13-20-14)10-6-15(19)18-11-7-16-8-12-18/h3-4,13,16H,2,5-12H2,1H3. The molecule has 1 amide bonds. The summed E-state index contributed by atoms with van der Waals surface area (Å²) in [6.07, 6.45) is 1.74. The number of rotatable bonds is 7. The van der Waals surface area contributed by atoms with Gasteiger partial charge in [0.1, 0.15) is 0 Å². The third-order valence-corrected chi connectivity index (χ3v) is 4.75. The van der Waals surface area contributed by atoms with Gasteiger partial charge in [-0.3, -0.25) is 4.79 Å². The molecule has 5 heteroatoms. The molecule has 1 aliphatic heterocycles. The van der Waals surface area contributed by atoms with Gasteiger partial charge in [0, 0.05) is 50.6 Å².